The van der Waals surface area contributed by atoms with E-state index in [2.05, 4.69) is 20.7 Å². The summed E-state index contributed by atoms with van der Waals surface area (Å²) in [6.45, 7) is 4.82. The number of hydrogen-bond donors (Lipinski definition) is 1. The molecule has 1 aliphatic rings. The topological polar surface area (TPSA) is 64.6 Å². The summed E-state index contributed by atoms with van der Waals surface area (Å²) >= 11 is 3.44. The third kappa shape index (κ3) is 4.95. The van der Waals surface area contributed by atoms with Crippen LogP contribution in [0.1, 0.15) is 25.0 Å². The van der Waals surface area contributed by atoms with Crippen LogP contribution in [0.4, 0.5) is 0 Å². The molecule has 0 fully saturated rings. The van der Waals surface area contributed by atoms with Crippen LogP contribution in [0.25, 0.3) is 0 Å². The van der Waals surface area contributed by atoms with Gasteiger partial charge in [0.2, 0.25) is 10.0 Å². The number of fused-ring (bicyclic) bond motifs is 1. The Labute approximate surface area is 134 Å². The van der Waals surface area contributed by atoms with Crippen LogP contribution in [0.5, 0.6) is 5.75 Å². The monoisotopic (exact) mass is 377 g/mol. The molecular formula is C14H20BrNO4S. The molecule has 1 aromatic rings. The van der Waals surface area contributed by atoms with Gasteiger partial charge in [-0.25, -0.2) is 13.1 Å². The molecule has 1 aliphatic heterocycles. The number of sulfonamides is 1. The van der Waals surface area contributed by atoms with Gasteiger partial charge in [0.05, 0.1) is 25.1 Å². The maximum absolute atomic E-state index is 11.9. The van der Waals surface area contributed by atoms with Gasteiger partial charge >= 0.3 is 0 Å². The van der Waals surface area contributed by atoms with Gasteiger partial charge in [-0.15, -0.1) is 0 Å². The Kier molecular flexibility index (Phi) is 5.65. The maximum Gasteiger partial charge on any atom is 0.214 e. The zero-order valence-electron chi connectivity index (χ0n) is 12.2. The summed E-state index contributed by atoms with van der Waals surface area (Å²) in [5.41, 5.74) is 1.96. The highest BCUT2D eigenvalue weighted by Gasteiger charge is 2.19. The van der Waals surface area contributed by atoms with Gasteiger partial charge in [0.25, 0.3) is 0 Å². The van der Waals surface area contributed by atoms with Gasteiger partial charge in [-0.1, -0.05) is 15.9 Å². The number of rotatable bonds is 7. The number of benzene rings is 1. The molecule has 0 radical (unpaired) electrons. The van der Waals surface area contributed by atoms with Crippen LogP contribution in [-0.4, -0.2) is 33.5 Å². The maximum atomic E-state index is 11.9. The van der Waals surface area contributed by atoms with E-state index in [0.717, 1.165) is 27.8 Å². The minimum Gasteiger partial charge on any atom is -0.493 e. The lowest BCUT2D eigenvalue weighted by Crippen LogP contribution is -2.28. The Bertz CT molecular complexity index is 601. The van der Waals surface area contributed by atoms with Gasteiger partial charge < -0.3 is 9.47 Å². The SMILES string of the molecule is CC(C)OCCS(=O)(=O)NCc1cc(Br)cc2c1OCC2. The molecule has 7 heteroatoms. The van der Waals surface area contributed by atoms with E-state index in [1.807, 2.05) is 26.0 Å². The van der Waals surface area contributed by atoms with E-state index in [1.165, 1.54) is 0 Å². The van der Waals surface area contributed by atoms with E-state index in [4.69, 9.17) is 9.47 Å². The van der Waals surface area contributed by atoms with Crippen molar-refractivity contribution >= 4 is 26.0 Å². The van der Waals surface area contributed by atoms with Crippen LogP contribution < -0.4 is 9.46 Å². The first-order valence-corrected chi connectivity index (χ1v) is 9.35. The standard InChI is InChI=1S/C14H20BrNO4S/c1-10(2)19-5-6-21(17,18)16-9-12-8-13(15)7-11-3-4-20-14(11)12/h7-8,10,16H,3-6,9H2,1-2H3. The fourth-order valence-electron chi connectivity index (χ4n) is 2.13. The highest BCUT2D eigenvalue weighted by Crippen LogP contribution is 2.32. The van der Waals surface area contributed by atoms with Gasteiger partial charge in [0, 0.05) is 23.0 Å². The molecule has 0 spiro atoms. The normalized spacial score (nSPS) is 14.3. The predicted molar refractivity (Wildman–Crippen MR) is 85.1 cm³/mol. The Morgan fingerprint density at radius 2 is 2.19 bits per heavy atom. The third-order valence-corrected chi connectivity index (χ3v) is 4.86. The molecule has 0 aliphatic carbocycles. The Hall–Kier alpha value is -0.630. The molecule has 2 rings (SSSR count). The molecule has 0 amide bonds. The van der Waals surface area contributed by atoms with Gasteiger partial charge in [-0.2, -0.15) is 0 Å². The van der Waals surface area contributed by atoms with Crippen LogP contribution in [0, 0.1) is 0 Å². The molecule has 0 aromatic heterocycles. The molecule has 0 saturated heterocycles. The summed E-state index contributed by atoms with van der Waals surface area (Å²) in [7, 11) is -3.35. The average Bonchev–Trinajstić information content (AvgIpc) is 2.83. The molecule has 1 heterocycles. The van der Waals surface area contributed by atoms with Crippen molar-refractivity contribution in [3.8, 4) is 5.75 Å². The second-order valence-corrected chi connectivity index (χ2v) is 8.05. The lowest BCUT2D eigenvalue weighted by Gasteiger charge is -2.12. The summed E-state index contributed by atoms with van der Waals surface area (Å²) in [6, 6.07) is 3.90. The first-order valence-electron chi connectivity index (χ1n) is 6.90. The van der Waals surface area contributed by atoms with E-state index in [9.17, 15) is 8.42 Å². The minimum absolute atomic E-state index is 0.0296. The highest BCUT2D eigenvalue weighted by atomic mass is 79.9. The Morgan fingerprint density at radius 1 is 1.43 bits per heavy atom. The molecular weight excluding hydrogens is 358 g/mol. The summed E-state index contributed by atoms with van der Waals surface area (Å²) in [5.74, 6) is 0.765. The molecule has 0 unspecified atom stereocenters. The molecule has 5 nitrogen and oxygen atoms in total. The van der Waals surface area contributed by atoms with Crippen molar-refractivity contribution in [1.29, 1.82) is 0 Å². The molecule has 21 heavy (non-hydrogen) atoms. The highest BCUT2D eigenvalue weighted by molar-refractivity contribution is 9.10. The number of ether oxygens (including phenoxy) is 2. The first-order chi connectivity index (χ1) is 9.87. The van der Waals surface area contributed by atoms with Crippen LogP contribution in [0.15, 0.2) is 16.6 Å². The molecule has 0 saturated carbocycles. The molecule has 0 bridgehead atoms. The molecule has 1 aromatic carbocycles. The smallest absolute Gasteiger partial charge is 0.214 e. The summed E-state index contributed by atoms with van der Waals surface area (Å²) in [5, 5.41) is 0. The number of halogens is 1. The van der Waals surface area contributed by atoms with Crippen molar-refractivity contribution in [2.24, 2.45) is 0 Å². The van der Waals surface area contributed by atoms with Gasteiger partial charge in [-0.05, 0) is 31.5 Å². The number of nitrogens with one attached hydrogen (secondary N) is 1. The van der Waals surface area contributed by atoms with E-state index in [0.29, 0.717) is 6.61 Å². The van der Waals surface area contributed by atoms with Crippen molar-refractivity contribution in [3.63, 3.8) is 0 Å². The molecule has 1 N–H and O–H groups in total. The Balaban J connectivity index is 1.97. The second-order valence-electron chi connectivity index (χ2n) is 5.21. The van der Waals surface area contributed by atoms with E-state index in [-0.39, 0.29) is 25.0 Å². The molecule has 0 atom stereocenters. The van der Waals surface area contributed by atoms with Gasteiger partial charge in [0.1, 0.15) is 5.75 Å². The fourth-order valence-corrected chi connectivity index (χ4v) is 3.52. The van der Waals surface area contributed by atoms with Crippen LogP contribution in [-0.2, 0) is 27.7 Å². The van der Waals surface area contributed by atoms with E-state index in [1.54, 1.807) is 0 Å². The largest absolute Gasteiger partial charge is 0.493 e. The Morgan fingerprint density at radius 3 is 2.90 bits per heavy atom. The summed E-state index contributed by atoms with van der Waals surface area (Å²) in [4.78, 5) is 0. The van der Waals surface area contributed by atoms with Crippen molar-refractivity contribution in [1.82, 2.24) is 4.72 Å². The van der Waals surface area contributed by atoms with E-state index < -0.39 is 10.0 Å². The lowest BCUT2D eigenvalue weighted by molar-refractivity contribution is 0.0911. The zero-order chi connectivity index (χ0) is 15.5. The van der Waals surface area contributed by atoms with Crippen molar-refractivity contribution < 1.29 is 17.9 Å². The fraction of sp³-hybridized carbons (Fsp3) is 0.571. The quantitative estimate of drug-likeness (QED) is 0.791. The van der Waals surface area contributed by atoms with Gasteiger partial charge in [-0.3, -0.25) is 0 Å². The third-order valence-electron chi connectivity index (χ3n) is 3.11. The summed E-state index contributed by atoms with van der Waals surface area (Å²) < 4.78 is 38.2. The van der Waals surface area contributed by atoms with Crippen molar-refractivity contribution in [3.05, 3.63) is 27.7 Å². The van der Waals surface area contributed by atoms with Crippen molar-refractivity contribution in [2.75, 3.05) is 19.0 Å². The molecule has 118 valence electrons. The average molecular weight is 378 g/mol. The van der Waals surface area contributed by atoms with Crippen LogP contribution in [0.2, 0.25) is 0 Å². The van der Waals surface area contributed by atoms with Crippen molar-refractivity contribution in [2.45, 2.75) is 32.9 Å². The number of hydrogen-bond acceptors (Lipinski definition) is 4. The van der Waals surface area contributed by atoms with Gasteiger partial charge in [0.15, 0.2) is 0 Å². The second kappa shape index (κ2) is 7.09. The van der Waals surface area contributed by atoms with Crippen LogP contribution >= 0.6 is 15.9 Å². The minimum atomic E-state index is -3.35. The lowest BCUT2D eigenvalue weighted by atomic mass is 10.1. The zero-order valence-corrected chi connectivity index (χ0v) is 14.6. The van der Waals surface area contributed by atoms with Crippen LogP contribution in [0.3, 0.4) is 0 Å². The first kappa shape index (κ1) is 16.7. The van der Waals surface area contributed by atoms with E-state index >= 15 is 0 Å². The summed E-state index contributed by atoms with van der Waals surface area (Å²) in [6.07, 6.45) is 0.887. The predicted octanol–water partition coefficient (Wildman–Crippen LogP) is 2.23.